The van der Waals surface area contributed by atoms with Crippen molar-refractivity contribution in [2.24, 2.45) is 0 Å². The molecule has 0 radical (unpaired) electrons. The molecular weight excluding hydrogens is 174 g/mol. The van der Waals surface area contributed by atoms with Gasteiger partial charge < -0.3 is 4.98 Å². The minimum Gasteiger partial charge on any atom is -0.325 e. The Morgan fingerprint density at radius 1 is 1.14 bits per heavy atom. The lowest BCUT2D eigenvalue weighted by Crippen LogP contribution is -1.82. The molecule has 0 bridgehead atoms. The summed E-state index contributed by atoms with van der Waals surface area (Å²) in [6.45, 7) is 4.13. The van der Waals surface area contributed by atoms with Gasteiger partial charge in [0.1, 0.15) is 5.82 Å². The summed E-state index contributed by atoms with van der Waals surface area (Å²) in [5, 5.41) is 8.11. The topological polar surface area (TPSA) is 41.6 Å². The second-order valence-corrected chi connectivity index (χ2v) is 3.34. The van der Waals surface area contributed by atoms with Crippen LogP contribution in [0.15, 0.2) is 24.3 Å². The molecule has 1 aromatic carbocycles. The van der Waals surface area contributed by atoms with E-state index in [0.29, 0.717) is 0 Å². The smallest absolute Gasteiger partial charge is 0.161 e. The van der Waals surface area contributed by atoms with Crippen LogP contribution in [0.5, 0.6) is 0 Å². The highest BCUT2D eigenvalue weighted by molar-refractivity contribution is 5.54. The first-order valence-electron chi connectivity index (χ1n) is 4.78. The lowest BCUT2D eigenvalue weighted by Gasteiger charge is -1.95. The number of aryl methyl sites for hydroxylation is 2. The number of benzene rings is 1. The van der Waals surface area contributed by atoms with Gasteiger partial charge in [-0.3, -0.25) is 0 Å². The van der Waals surface area contributed by atoms with Gasteiger partial charge in [-0.1, -0.05) is 36.8 Å². The van der Waals surface area contributed by atoms with Crippen LogP contribution < -0.4 is 0 Å². The third kappa shape index (κ3) is 1.66. The zero-order valence-electron chi connectivity index (χ0n) is 8.41. The molecule has 1 N–H and O–H groups in total. The predicted molar refractivity (Wildman–Crippen MR) is 55.9 cm³/mol. The summed E-state index contributed by atoms with van der Waals surface area (Å²) in [5.41, 5.74) is 2.34. The van der Waals surface area contributed by atoms with E-state index in [2.05, 4.69) is 53.3 Å². The van der Waals surface area contributed by atoms with Crippen LogP contribution in [-0.2, 0) is 6.42 Å². The minimum absolute atomic E-state index is 0.849. The standard InChI is InChI=1S/C11H13N3/c1-3-10-12-11(14-13-10)9-6-4-8(2)5-7-9/h4-7H,3H2,1-2H3,(H,12,13,14). The Labute approximate surface area is 83.2 Å². The molecule has 14 heavy (non-hydrogen) atoms. The Balaban J connectivity index is 2.34. The molecule has 0 aliphatic carbocycles. The maximum atomic E-state index is 4.08. The average Bonchev–Trinajstić information content (AvgIpc) is 2.67. The van der Waals surface area contributed by atoms with E-state index < -0.39 is 0 Å². The maximum absolute atomic E-state index is 4.08. The Hall–Kier alpha value is -1.64. The van der Waals surface area contributed by atoms with Crippen LogP contribution in [0.3, 0.4) is 0 Å². The molecule has 0 saturated heterocycles. The van der Waals surface area contributed by atoms with Gasteiger partial charge in [-0.15, -0.1) is 10.2 Å². The lowest BCUT2D eigenvalue weighted by molar-refractivity contribution is 0.946. The van der Waals surface area contributed by atoms with E-state index in [0.717, 1.165) is 23.6 Å². The van der Waals surface area contributed by atoms with Crippen LogP contribution in [0.25, 0.3) is 11.4 Å². The lowest BCUT2D eigenvalue weighted by atomic mass is 10.1. The summed E-state index contributed by atoms with van der Waals surface area (Å²) in [5.74, 6) is 1.78. The van der Waals surface area contributed by atoms with E-state index in [1.54, 1.807) is 0 Å². The van der Waals surface area contributed by atoms with Crippen molar-refractivity contribution >= 4 is 0 Å². The zero-order valence-corrected chi connectivity index (χ0v) is 8.41. The van der Waals surface area contributed by atoms with Crippen LogP contribution in [0.1, 0.15) is 18.3 Å². The highest BCUT2D eigenvalue weighted by Gasteiger charge is 2.02. The number of H-pyrrole nitrogens is 1. The van der Waals surface area contributed by atoms with E-state index in [1.807, 2.05) is 0 Å². The van der Waals surface area contributed by atoms with E-state index in [1.165, 1.54) is 5.56 Å². The molecule has 1 heterocycles. The van der Waals surface area contributed by atoms with Gasteiger partial charge in [0.2, 0.25) is 0 Å². The van der Waals surface area contributed by atoms with Crippen molar-refractivity contribution < 1.29 is 0 Å². The molecule has 1 aromatic heterocycles. The molecule has 0 spiro atoms. The number of hydrogen-bond acceptors (Lipinski definition) is 2. The number of nitrogens with zero attached hydrogens (tertiary/aromatic N) is 2. The Morgan fingerprint density at radius 3 is 2.43 bits per heavy atom. The second kappa shape index (κ2) is 3.62. The number of nitrogens with one attached hydrogen (secondary N) is 1. The Kier molecular flexibility index (Phi) is 2.31. The number of hydrogen-bond donors (Lipinski definition) is 1. The second-order valence-electron chi connectivity index (χ2n) is 3.34. The van der Waals surface area contributed by atoms with Crippen molar-refractivity contribution in [1.82, 2.24) is 15.2 Å². The summed E-state index contributed by atoms with van der Waals surface area (Å²) >= 11 is 0. The van der Waals surface area contributed by atoms with E-state index >= 15 is 0 Å². The van der Waals surface area contributed by atoms with Gasteiger partial charge in [0, 0.05) is 12.0 Å². The molecule has 2 rings (SSSR count). The van der Waals surface area contributed by atoms with Gasteiger partial charge in [0.15, 0.2) is 5.82 Å². The summed E-state index contributed by atoms with van der Waals surface area (Å²) in [7, 11) is 0. The first-order valence-corrected chi connectivity index (χ1v) is 4.78. The first kappa shape index (κ1) is 8.94. The van der Waals surface area contributed by atoms with Crippen LogP contribution >= 0.6 is 0 Å². The van der Waals surface area contributed by atoms with Crippen molar-refractivity contribution in [3.63, 3.8) is 0 Å². The largest absolute Gasteiger partial charge is 0.325 e. The number of aromatic nitrogens is 3. The average molecular weight is 187 g/mol. The molecule has 3 nitrogen and oxygen atoms in total. The monoisotopic (exact) mass is 187 g/mol. The highest BCUT2D eigenvalue weighted by Crippen LogP contribution is 2.14. The molecule has 2 aromatic rings. The maximum Gasteiger partial charge on any atom is 0.161 e. The molecule has 0 aliphatic heterocycles. The quantitative estimate of drug-likeness (QED) is 0.784. The van der Waals surface area contributed by atoms with Crippen LogP contribution in [0, 0.1) is 6.92 Å². The van der Waals surface area contributed by atoms with E-state index in [4.69, 9.17) is 0 Å². The minimum atomic E-state index is 0.849. The fourth-order valence-corrected chi connectivity index (χ4v) is 1.30. The van der Waals surface area contributed by atoms with Crippen molar-refractivity contribution in [3.8, 4) is 11.4 Å². The molecule has 0 fully saturated rings. The van der Waals surface area contributed by atoms with Gasteiger partial charge >= 0.3 is 0 Å². The predicted octanol–water partition coefficient (Wildman–Crippen LogP) is 2.34. The van der Waals surface area contributed by atoms with Gasteiger partial charge in [-0.2, -0.15) is 0 Å². The number of aromatic amines is 1. The zero-order chi connectivity index (χ0) is 9.97. The van der Waals surface area contributed by atoms with Crippen molar-refractivity contribution in [3.05, 3.63) is 35.7 Å². The fourth-order valence-electron chi connectivity index (χ4n) is 1.30. The molecule has 72 valence electrons. The van der Waals surface area contributed by atoms with Crippen molar-refractivity contribution in [2.45, 2.75) is 20.3 Å². The molecule has 0 saturated carbocycles. The number of rotatable bonds is 2. The summed E-state index contributed by atoms with van der Waals surface area (Å²) in [4.78, 5) is 3.18. The van der Waals surface area contributed by atoms with Gasteiger partial charge in [0.05, 0.1) is 0 Å². The SMILES string of the molecule is CCc1nnc(-c2ccc(C)cc2)[nH]1. The molecule has 0 amide bonds. The summed E-state index contributed by atoms with van der Waals surface area (Å²) < 4.78 is 0. The van der Waals surface area contributed by atoms with Gasteiger partial charge in [-0.25, -0.2) is 0 Å². The molecule has 3 heteroatoms. The summed E-state index contributed by atoms with van der Waals surface area (Å²) in [6.07, 6.45) is 0.888. The van der Waals surface area contributed by atoms with Crippen LogP contribution in [0.4, 0.5) is 0 Å². The normalized spacial score (nSPS) is 10.4. The Morgan fingerprint density at radius 2 is 1.86 bits per heavy atom. The van der Waals surface area contributed by atoms with Crippen LogP contribution in [-0.4, -0.2) is 15.2 Å². The van der Waals surface area contributed by atoms with Crippen molar-refractivity contribution in [2.75, 3.05) is 0 Å². The molecule has 0 unspecified atom stereocenters. The van der Waals surface area contributed by atoms with Gasteiger partial charge in [-0.05, 0) is 6.92 Å². The first-order chi connectivity index (χ1) is 6.79. The van der Waals surface area contributed by atoms with E-state index in [9.17, 15) is 0 Å². The van der Waals surface area contributed by atoms with Crippen molar-refractivity contribution in [1.29, 1.82) is 0 Å². The fraction of sp³-hybridized carbons (Fsp3) is 0.273. The Bertz CT molecular complexity index is 414. The third-order valence-electron chi connectivity index (χ3n) is 2.19. The van der Waals surface area contributed by atoms with E-state index in [-0.39, 0.29) is 0 Å². The summed E-state index contributed by atoms with van der Waals surface area (Å²) in [6, 6.07) is 8.25. The third-order valence-corrected chi connectivity index (χ3v) is 2.19. The molecule has 0 aliphatic rings. The van der Waals surface area contributed by atoms with Gasteiger partial charge in [0.25, 0.3) is 0 Å². The van der Waals surface area contributed by atoms with Crippen LogP contribution in [0.2, 0.25) is 0 Å². The highest BCUT2D eigenvalue weighted by atomic mass is 15.2. The molecule has 0 atom stereocenters. The molecular formula is C11H13N3.